The van der Waals surface area contributed by atoms with Crippen LogP contribution in [0.5, 0.6) is 0 Å². The van der Waals surface area contributed by atoms with Gasteiger partial charge >= 0.3 is 0 Å². The van der Waals surface area contributed by atoms with Crippen molar-refractivity contribution >= 4 is 27.3 Å². The topological polar surface area (TPSA) is 34.0 Å². The molecule has 2 aromatic rings. The minimum Gasteiger partial charge on any atom is -0.296 e. The highest BCUT2D eigenvalue weighted by Gasteiger charge is 2.24. The van der Waals surface area contributed by atoms with E-state index < -0.39 is 0 Å². The van der Waals surface area contributed by atoms with Gasteiger partial charge in [0.1, 0.15) is 0 Å². The van der Waals surface area contributed by atoms with Crippen molar-refractivity contribution in [2.24, 2.45) is 0 Å². The highest BCUT2D eigenvalue weighted by atomic mass is 79.9. The molecule has 96 valence electrons. The van der Waals surface area contributed by atoms with Crippen LogP contribution in [0.1, 0.15) is 22.3 Å². The van der Waals surface area contributed by atoms with Crippen molar-refractivity contribution in [3.63, 3.8) is 0 Å². The molecule has 18 heavy (non-hydrogen) atoms. The van der Waals surface area contributed by atoms with Crippen molar-refractivity contribution in [2.45, 2.75) is 25.9 Å². The summed E-state index contributed by atoms with van der Waals surface area (Å²) in [4.78, 5) is 8.14. The van der Waals surface area contributed by atoms with E-state index in [1.54, 1.807) is 11.3 Å². The summed E-state index contributed by atoms with van der Waals surface area (Å²) in [6.45, 7) is 5.29. The Kier molecular flexibility index (Phi) is 3.50. The van der Waals surface area contributed by atoms with Crippen LogP contribution in [0.25, 0.3) is 0 Å². The van der Waals surface area contributed by atoms with Crippen LogP contribution < -0.4 is 0 Å². The first-order chi connectivity index (χ1) is 8.70. The van der Waals surface area contributed by atoms with Crippen LogP contribution >= 0.6 is 27.3 Å². The van der Waals surface area contributed by atoms with Crippen molar-refractivity contribution < 1.29 is 0 Å². The maximum absolute atomic E-state index is 4.38. The van der Waals surface area contributed by atoms with E-state index in [0.29, 0.717) is 6.04 Å². The summed E-state index contributed by atoms with van der Waals surface area (Å²) < 4.78 is 3.13. The lowest BCUT2D eigenvalue weighted by Gasteiger charge is -2.14. The second kappa shape index (κ2) is 5.11. The van der Waals surface area contributed by atoms with Crippen molar-refractivity contribution in [2.75, 3.05) is 13.1 Å². The highest BCUT2D eigenvalue weighted by molar-refractivity contribution is 9.10. The molecule has 0 aromatic carbocycles. The molecule has 3 heterocycles. The summed E-state index contributed by atoms with van der Waals surface area (Å²) in [7, 11) is 0. The van der Waals surface area contributed by atoms with Gasteiger partial charge in [-0.3, -0.25) is 9.58 Å². The SMILES string of the molecule is Cc1ncc(CN2CCC(n3cc(Br)cn3)C2)s1. The van der Waals surface area contributed by atoms with Gasteiger partial charge < -0.3 is 0 Å². The van der Waals surface area contributed by atoms with E-state index in [0.717, 1.165) is 29.1 Å². The molecule has 3 rings (SSSR count). The van der Waals surface area contributed by atoms with Gasteiger partial charge in [-0.15, -0.1) is 11.3 Å². The first-order valence-electron chi connectivity index (χ1n) is 6.04. The molecule has 1 aliphatic heterocycles. The molecule has 0 saturated carbocycles. The maximum atomic E-state index is 4.38. The van der Waals surface area contributed by atoms with Gasteiger partial charge in [0, 0.05) is 36.9 Å². The van der Waals surface area contributed by atoms with Crippen LogP contribution in [0, 0.1) is 6.92 Å². The highest BCUT2D eigenvalue weighted by Crippen LogP contribution is 2.25. The Morgan fingerprint density at radius 2 is 2.39 bits per heavy atom. The van der Waals surface area contributed by atoms with E-state index in [-0.39, 0.29) is 0 Å². The number of likely N-dealkylation sites (tertiary alicyclic amines) is 1. The standard InChI is InChI=1S/C12H15BrN4S/c1-9-14-5-12(18-9)8-16-3-2-11(7-16)17-6-10(13)4-15-17/h4-6,11H,2-3,7-8H2,1H3. The molecule has 1 atom stereocenters. The molecule has 0 spiro atoms. The van der Waals surface area contributed by atoms with Crippen LogP contribution in [0.15, 0.2) is 23.1 Å². The second-order valence-corrected chi connectivity index (χ2v) is 6.90. The van der Waals surface area contributed by atoms with E-state index in [1.165, 1.54) is 11.3 Å². The van der Waals surface area contributed by atoms with Crippen molar-refractivity contribution in [3.8, 4) is 0 Å². The van der Waals surface area contributed by atoms with Crippen LogP contribution in [0.4, 0.5) is 0 Å². The maximum Gasteiger partial charge on any atom is 0.0897 e. The minimum absolute atomic E-state index is 0.505. The lowest BCUT2D eigenvalue weighted by Crippen LogP contribution is -2.20. The number of hydrogen-bond donors (Lipinski definition) is 0. The molecule has 2 aromatic heterocycles. The van der Waals surface area contributed by atoms with E-state index >= 15 is 0 Å². The zero-order valence-electron chi connectivity index (χ0n) is 10.2. The number of nitrogens with zero attached hydrogens (tertiary/aromatic N) is 4. The zero-order chi connectivity index (χ0) is 12.5. The molecule has 0 radical (unpaired) electrons. The Morgan fingerprint density at radius 1 is 1.50 bits per heavy atom. The zero-order valence-corrected chi connectivity index (χ0v) is 12.6. The van der Waals surface area contributed by atoms with Gasteiger partial charge in [-0.25, -0.2) is 4.98 Å². The normalized spacial score (nSPS) is 20.7. The smallest absolute Gasteiger partial charge is 0.0897 e. The van der Waals surface area contributed by atoms with Crippen molar-refractivity contribution in [3.05, 3.63) is 32.9 Å². The summed E-state index contributed by atoms with van der Waals surface area (Å²) in [5.74, 6) is 0. The Labute approximate surface area is 119 Å². The number of rotatable bonds is 3. The molecule has 0 amide bonds. The van der Waals surface area contributed by atoms with Crippen LogP contribution in [0.2, 0.25) is 0 Å². The summed E-state index contributed by atoms with van der Waals surface area (Å²) in [6, 6.07) is 0.505. The third kappa shape index (κ3) is 2.65. The van der Waals surface area contributed by atoms with Gasteiger partial charge in [0.15, 0.2) is 0 Å². The summed E-state index contributed by atoms with van der Waals surface area (Å²) >= 11 is 5.24. The quantitative estimate of drug-likeness (QED) is 0.869. The Bertz CT molecular complexity index is 536. The number of thiazole rings is 1. The molecular weight excluding hydrogens is 312 g/mol. The van der Waals surface area contributed by atoms with Crippen LogP contribution in [0.3, 0.4) is 0 Å². The summed E-state index contributed by atoms with van der Waals surface area (Å²) in [5.41, 5.74) is 0. The predicted molar refractivity (Wildman–Crippen MR) is 75.7 cm³/mol. The van der Waals surface area contributed by atoms with Gasteiger partial charge in [-0.05, 0) is 29.3 Å². The van der Waals surface area contributed by atoms with Gasteiger partial charge in [-0.1, -0.05) is 0 Å². The lowest BCUT2D eigenvalue weighted by atomic mass is 10.3. The third-order valence-electron chi connectivity index (χ3n) is 3.24. The molecule has 6 heteroatoms. The Hall–Kier alpha value is -0.720. The average molecular weight is 327 g/mol. The van der Waals surface area contributed by atoms with Crippen molar-refractivity contribution in [1.82, 2.24) is 19.7 Å². The summed E-state index contributed by atoms with van der Waals surface area (Å²) in [6.07, 6.45) is 7.09. The van der Waals surface area contributed by atoms with Gasteiger partial charge in [0.05, 0.1) is 21.7 Å². The van der Waals surface area contributed by atoms with E-state index in [9.17, 15) is 0 Å². The molecule has 0 bridgehead atoms. The third-order valence-corrected chi connectivity index (χ3v) is 4.55. The first kappa shape index (κ1) is 12.3. The Morgan fingerprint density at radius 3 is 3.06 bits per heavy atom. The Balaban J connectivity index is 1.61. The summed E-state index contributed by atoms with van der Waals surface area (Å²) in [5, 5.41) is 5.53. The molecule has 1 aliphatic rings. The fraction of sp³-hybridized carbons (Fsp3) is 0.500. The monoisotopic (exact) mass is 326 g/mol. The van der Waals surface area contributed by atoms with E-state index in [2.05, 4.69) is 48.7 Å². The largest absolute Gasteiger partial charge is 0.296 e. The first-order valence-corrected chi connectivity index (χ1v) is 7.65. The molecular formula is C12H15BrN4S. The van der Waals surface area contributed by atoms with Gasteiger partial charge in [0.2, 0.25) is 0 Å². The predicted octanol–water partition coefficient (Wildman–Crippen LogP) is 2.86. The molecule has 0 N–H and O–H groups in total. The van der Waals surface area contributed by atoms with E-state index in [1.807, 2.05) is 12.4 Å². The number of hydrogen-bond acceptors (Lipinski definition) is 4. The molecule has 4 nitrogen and oxygen atoms in total. The number of halogens is 1. The fourth-order valence-electron chi connectivity index (χ4n) is 2.39. The minimum atomic E-state index is 0.505. The lowest BCUT2D eigenvalue weighted by molar-refractivity contribution is 0.314. The van der Waals surface area contributed by atoms with Crippen LogP contribution in [-0.4, -0.2) is 32.8 Å². The fourth-order valence-corrected chi connectivity index (χ4v) is 3.52. The van der Waals surface area contributed by atoms with Crippen molar-refractivity contribution in [1.29, 1.82) is 0 Å². The number of aromatic nitrogens is 3. The molecule has 1 unspecified atom stereocenters. The molecule has 1 fully saturated rings. The van der Waals surface area contributed by atoms with E-state index in [4.69, 9.17) is 0 Å². The number of aryl methyl sites for hydroxylation is 1. The van der Waals surface area contributed by atoms with Gasteiger partial charge in [-0.2, -0.15) is 5.10 Å². The van der Waals surface area contributed by atoms with Crippen LogP contribution in [-0.2, 0) is 6.54 Å². The average Bonchev–Trinajstić information content (AvgIpc) is 3.01. The molecule has 1 saturated heterocycles. The second-order valence-electron chi connectivity index (χ2n) is 4.66. The van der Waals surface area contributed by atoms with Gasteiger partial charge in [0.25, 0.3) is 0 Å². The molecule has 0 aliphatic carbocycles.